The topological polar surface area (TPSA) is 54.5 Å². The van der Waals surface area contributed by atoms with E-state index in [1.165, 1.54) is 16.9 Å². The molecule has 2 heterocycles. The molecule has 6 heteroatoms. The Bertz CT molecular complexity index is 653. The molecule has 0 aliphatic carbocycles. The van der Waals surface area contributed by atoms with E-state index >= 15 is 0 Å². The Morgan fingerprint density at radius 3 is 2.96 bits per heavy atom. The number of nitrogens with zero attached hydrogens (tertiary/aromatic N) is 2. The normalized spacial score (nSPS) is 17.0. The number of carbonyl (C=O) groups excluding carboxylic acids is 1. The summed E-state index contributed by atoms with van der Waals surface area (Å²) < 4.78 is 5.50. The first-order valence-electron chi connectivity index (χ1n) is 8.40. The van der Waals surface area contributed by atoms with Crippen molar-refractivity contribution in [1.82, 2.24) is 9.88 Å². The van der Waals surface area contributed by atoms with Gasteiger partial charge in [0.25, 0.3) is 5.91 Å². The summed E-state index contributed by atoms with van der Waals surface area (Å²) in [6.07, 6.45) is 1.73. The lowest BCUT2D eigenvalue weighted by Gasteiger charge is -2.27. The maximum absolute atomic E-state index is 13.0. The van der Waals surface area contributed by atoms with E-state index in [0.29, 0.717) is 18.8 Å². The molecule has 1 aliphatic rings. The van der Waals surface area contributed by atoms with Crippen molar-refractivity contribution in [3.05, 3.63) is 47.0 Å². The van der Waals surface area contributed by atoms with Gasteiger partial charge in [-0.3, -0.25) is 4.79 Å². The van der Waals surface area contributed by atoms with Crippen LogP contribution in [-0.2, 0) is 11.2 Å². The van der Waals surface area contributed by atoms with E-state index in [4.69, 9.17) is 4.74 Å². The molecular formula is C18H23N3O2S. The first-order chi connectivity index (χ1) is 11.8. The average molecular weight is 345 g/mol. The van der Waals surface area contributed by atoms with Crippen LogP contribution in [0.15, 0.2) is 35.7 Å². The smallest absolute Gasteiger partial charge is 0.273 e. The second-order valence-electron chi connectivity index (χ2n) is 5.82. The molecule has 0 saturated carbocycles. The van der Waals surface area contributed by atoms with E-state index in [2.05, 4.69) is 22.4 Å². The van der Waals surface area contributed by atoms with Gasteiger partial charge >= 0.3 is 0 Å². The standard InChI is InChI=1S/C18H23N3O2S/c1-2-19-18-20-16(13-24-18)17(22)21(15-9-11-23-12-15)10-8-14-6-4-3-5-7-14/h3-7,13,15H,2,8-12H2,1H3,(H,19,20). The Morgan fingerprint density at radius 2 is 2.25 bits per heavy atom. The predicted octanol–water partition coefficient (Wildman–Crippen LogP) is 3.05. The van der Waals surface area contributed by atoms with Gasteiger partial charge in [-0.15, -0.1) is 11.3 Å². The first kappa shape index (κ1) is 16.9. The summed E-state index contributed by atoms with van der Waals surface area (Å²) >= 11 is 1.48. The van der Waals surface area contributed by atoms with E-state index in [-0.39, 0.29) is 11.9 Å². The van der Waals surface area contributed by atoms with Gasteiger partial charge in [-0.05, 0) is 25.3 Å². The van der Waals surface area contributed by atoms with Gasteiger partial charge in [0.15, 0.2) is 5.13 Å². The van der Waals surface area contributed by atoms with Crippen LogP contribution in [0.25, 0.3) is 0 Å². The number of aromatic nitrogens is 1. The molecule has 1 amide bonds. The highest BCUT2D eigenvalue weighted by molar-refractivity contribution is 7.13. The van der Waals surface area contributed by atoms with E-state index in [9.17, 15) is 4.79 Å². The molecule has 1 N–H and O–H groups in total. The van der Waals surface area contributed by atoms with Crippen molar-refractivity contribution in [2.24, 2.45) is 0 Å². The van der Waals surface area contributed by atoms with E-state index < -0.39 is 0 Å². The SMILES string of the molecule is CCNc1nc(C(=O)N(CCc2ccccc2)C2CCOC2)cs1. The van der Waals surface area contributed by atoms with Gasteiger partial charge in [0.05, 0.1) is 12.6 Å². The quantitative estimate of drug-likeness (QED) is 0.838. The van der Waals surface area contributed by atoms with Crippen LogP contribution in [0, 0.1) is 0 Å². The fourth-order valence-corrected chi connectivity index (χ4v) is 3.62. The minimum absolute atomic E-state index is 0.00170. The number of amides is 1. The Balaban J connectivity index is 1.72. The number of hydrogen-bond acceptors (Lipinski definition) is 5. The number of benzene rings is 1. The highest BCUT2D eigenvalue weighted by atomic mass is 32.1. The van der Waals surface area contributed by atoms with Crippen molar-refractivity contribution in [2.75, 3.05) is 31.6 Å². The van der Waals surface area contributed by atoms with Gasteiger partial charge in [-0.2, -0.15) is 0 Å². The minimum Gasteiger partial charge on any atom is -0.379 e. The molecule has 0 bridgehead atoms. The molecule has 0 spiro atoms. The Morgan fingerprint density at radius 1 is 1.42 bits per heavy atom. The molecule has 1 aromatic carbocycles. The average Bonchev–Trinajstić information content (AvgIpc) is 3.28. The zero-order valence-corrected chi connectivity index (χ0v) is 14.7. The van der Waals surface area contributed by atoms with Crippen LogP contribution in [0.1, 0.15) is 29.4 Å². The molecule has 1 aromatic heterocycles. The lowest BCUT2D eigenvalue weighted by atomic mass is 10.1. The molecule has 1 unspecified atom stereocenters. The number of ether oxygens (including phenoxy) is 1. The monoisotopic (exact) mass is 345 g/mol. The van der Waals surface area contributed by atoms with E-state index in [1.807, 2.05) is 35.4 Å². The minimum atomic E-state index is 0.00170. The van der Waals surface area contributed by atoms with Gasteiger partial charge in [0.2, 0.25) is 0 Å². The number of anilines is 1. The molecule has 1 atom stereocenters. The fraction of sp³-hybridized carbons (Fsp3) is 0.444. The fourth-order valence-electron chi connectivity index (χ4n) is 2.86. The van der Waals surface area contributed by atoms with Gasteiger partial charge < -0.3 is 15.0 Å². The van der Waals surface area contributed by atoms with Gasteiger partial charge in [0, 0.05) is 25.1 Å². The molecule has 1 saturated heterocycles. The highest BCUT2D eigenvalue weighted by Gasteiger charge is 2.29. The molecule has 1 fully saturated rings. The molecule has 2 aromatic rings. The Hall–Kier alpha value is -1.92. The number of rotatable bonds is 7. The summed E-state index contributed by atoms with van der Waals surface area (Å²) in [5, 5.41) is 5.80. The number of hydrogen-bond donors (Lipinski definition) is 1. The third-order valence-electron chi connectivity index (χ3n) is 4.14. The van der Waals surface area contributed by atoms with Crippen LogP contribution < -0.4 is 5.32 Å². The van der Waals surface area contributed by atoms with E-state index in [1.54, 1.807) is 0 Å². The van der Waals surface area contributed by atoms with E-state index in [0.717, 1.165) is 31.1 Å². The van der Waals surface area contributed by atoms with Crippen molar-refractivity contribution in [3.8, 4) is 0 Å². The summed E-state index contributed by atoms with van der Waals surface area (Å²) in [5.74, 6) is 0.00170. The number of thiazole rings is 1. The zero-order valence-electron chi connectivity index (χ0n) is 13.9. The maximum atomic E-state index is 13.0. The van der Waals surface area contributed by atoms with Crippen molar-refractivity contribution in [1.29, 1.82) is 0 Å². The van der Waals surface area contributed by atoms with Crippen LogP contribution in [-0.4, -0.2) is 48.1 Å². The summed E-state index contributed by atoms with van der Waals surface area (Å²) in [4.78, 5) is 19.3. The lowest BCUT2D eigenvalue weighted by molar-refractivity contribution is 0.0651. The third kappa shape index (κ3) is 4.13. The summed E-state index contributed by atoms with van der Waals surface area (Å²) in [6, 6.07) is 10.4. The van der Waals surface area contributed by atoms with Crippen molar-refractivity contribution in [3.63, 3.8) is 0 Å². The first-order valence-corrected chi connectivity index (χ1v) is 9.28. The molecule has 5 nitrogen and oxygen atoms in total. The molecule has 128 valence electrons. The molecule has 24 heavy (non-hydrogen) atoms. The van der Waals surface area contributed by atoms with Gasteiger partial charge in [-0.1, -0.05) is 30.3 Å². The number of carbonyl (C=O) groups is 1. The highest BCUT2D eigenvalue weighted by Crippen LogP contribution is 2.20. The molecule has 0 radical (unpaired) electrons. The molecule has 1 aliphatic heterocycles. The predicted molar refractivity (Wildman–Crippen MR) is 96.7 cm³/mol. The second-order valence-corrected chi connectivity index (χ2v) is 6.68. The van der Waals surface area contributed by atoms with Crippen LogP contribution in [0.4, 0.5) is 5.13 Å². The lowest BCUT2D eigenvalue weighted by Crippen LogP contribution is -2.42. The Kier molecular flexibility index (Phi) is 5.82. The van der Waals surface area contributed by atoms with Crippen LogP contribution in [0.3, 0.4) is 0 Å². The second kappa shape index (κ2) is 8.26. The van der Waals surface area contributed by atoms with Crippen molar-refractivity contribution < 1.29 is 9.53 Å². The summed E-state index contributed by atoms with van der Waals surface area (Å²) in [7, 11) is 0. The Labute approximate surface area is 146 Å². The largest absolute Gasteiger partial charge is 0.379 e. The zero-order chi connectivity index (χ0) is 16.8. The van der Waals surface area contributed by atoms with Gasteiger partial charge in [0.1, 0.15) is 5.69 Å². The van der Waals surface area contributed by atoms with Crippen LogP contribution >= 0.6 is 11.3 Å². The number of nitrogens with one attached hydrogen (secondary N) is 1. The molecule has 3 rings (SSSR count). The van der Waals surface area contributed by atoms with Gasteiger partial charge in [-0.25, -0.2) is 4.98 Å². The van der Waals surface area contributed by atoms with Crippen molar-refractivity contribution >= 4 is 22.4 Å². The molecular weight excluding hydrogens is 322 g/mol. The summed E-state index contributed by atoms with van der Waals surface area (Å²) in [5.41, 5.74) is 1.76. The van der Waals surface area contributed by atoms with Crippen LogP contribution in [0.2, 0.25) is 0 Å². The van der Waals surface area contributed by atoms with Crippen LogP contribution in [0.5, 0.6) is 0 Å². The maximum Gasteiger partial charge on any atom is 0.273 e. The third-order valence-corrected chi connectivity index (χ3v) is 4.94. The van der Waals surface area contributed by atoms with Crippen molar-refractivity contribution in [2.45, 2.75) is 25.8 Å². The summed E-state index contributed by atoms with van der Waals surface area (Å²) in [6.45, 7) is 4.84.